The molecular formula is C29H34N6OS. The van der Waals surface area contributed by atoms with Crippen LogP contribution in [0.1, 0.15) is 23.2 Å². The van der Waals surface area contributed by atoms with Gasteiger partial charge in [0, 0.05) is 55.7 Å². The number of unbranched alkanes of at least 4 members (excludes halogenated alkanes) is 1. The highest BCUT2D eigenvalue weighted by molar-refractivity contribution is 8.16. The van der Waals surface area contributed by atoms with Crippen LogP contribution in [0.3, 0.4) is 0 Å². The number of piperazine rings is 1. The summed E-state index contributed by atoms with van der Waals surface area (Å²) in [5, 5.41) is 5.30. The van der Waals surface area contributed by atoms with E-state index in [2.05, 4.69) is 96.5 Å². The Morgan fingerprint density at radius 1 is 0.946 bits per heavy atom. The molecule has 1 aromatic heterocycles. The smallest absolute Gasteiger partial charge is 0.254 e. The summed E-state index contributed by atoms with van der Waals surface area (Å²) in [5.74, 6) is 1.13. The highest BCUT2D eigenvalue weighted by atomic mass is 32.2. The number of hydrogen-bond donors (Lipinski definition) is 2. The Bertz CT molecular complexity index is 1260. The monoisotopic (exact) mass is 514 g/mol. The first-order valence-corrected chi connectivity index (χ1v) is 14.1. The molecule has 0 saturated carbocycles. The number of nitrogen functional groups attached to an aromatic ring is 1. The van der Waals surface area contributed by atoms with E-state index in [1.54, 1.807) is 12.3 Å². The number of aromatic nitrogens is 1. The van der Waals surface area contributed by atoms with Crippen molar-refractivity contribution in [3.63, 3.8) is 0 Å². The van der Waals surface area contributed by atoms with Crippen LogP contribution in [0.4, 0.5) is 11.4 Å². The van der Waals surface area contributed by atoms with Crippen LogP contribution in [0, 0.1) is 0 Å². The van der Waals surface area contributed by atoms with Gasteiger partial charge in [0.05, 0.1) is 11.3 Å². The number of nitrogens with two attached hydrogens (primary N) is 1. The van der Waals surface area contributed by atoms with Crippen LogP contribution in [-0.4, -0.2) is 65.3 Å². The minimum absolute atomic E-state index is 0.132. The molecule has 1 fully saturated rings. The Balaban J connectivity index is 1.10. The van der Waals surface area contributed by atoms with Crippen molar-refractivity contribution in [1.29, 1.82) is 0 Å². The van der Waals surface area contributed by atoms with Crippen molar-refractivity contribution in [1.82, 2.24) is 20.1 Å². The predicted molar refractivity (Wildman–Crippen MR) is 154 cm³/mol. The lowest BCUT2D eigenvalue weighted by Crippen LogP contribution is -2.48. The molecule has 5 rings (SSSR count). The molecule has 2 aliphatic rings. The number of nitrogens with one attached hydrogen (secondary N) is 1. The standard InChI is InChI=1S/C29H34N6OS/c30-27-13-16-31-23-26(27)29(36)32-15-7-8-17-33-18-20-34(21-19-33)28-14-22-37(25-11-5-2-6-12-25)35(28)24-9-3-1-4-10-24/h1-6,9-14,16,22-23H,7-8,15,17-21H2,(H2,30,31)(H,32,36). The number of benzene rings is 2. The fourth-order valence-corrected chi connectivity index (χ4v) is 6.60. The largest absolute Gasteiger partial charge is 0.398 e. The highest BCUT2D eigenvalue weighted by Crippen LogP contribution is 2.42. The number of para-hydroxylation sites is 1. The molecule has 3 heterocycles. The summed E-state index contributed by atoms with van der Waals surface area (Å²) in [6.45, 7) is 5.78. The van der Waals surface area contributed by atoms with E-state index >= 15 is 0 Å². The molecule has 37 heavy (non-hydrogen) atoms. The van der Waals surface area contributed by atoms with Crippen molar-refractivity contribution < 1.29 is 4.79 Å². The lowest BCUT2D eigenvalue weighted by Gasteiger charge is -2.40. The van der Waals surface area contributed by atoms with E-state index in [-0.39, 0.29) is 16.6 Å². The van der Waals surface area contributed by atoms with E-state index in [9.17, 15) is 4.79 Å². The lowest BCUT2D eigenvalue weighted by atomic mass is 10.2. The van der Waals surface area contributed by atoms with Gasteiger partial charge < -0.3 is 16.0 Å². The minimum Gasteiger partial charge on any atom is -0.398 e. The van der Waals surface area contributed by atoms with Gasteiger partial charge in [0.15, 0.2) is 0 Å². The maximum Gasteiger partial charge on any atom is 0.254 e. The third-order valence-corrected chi connectivity index (χ3v) is 8.65. The number of nitrogens with zero attached hydrogens (tertiary/aromatic N) is 4. The van der Waals surface area contributed by atoms with Gasteiger partial charge in [-0.3, -0.25) is 19.0 Å². The molecule has 0 radical (unpaired) electrons. The van der Waals surface area contributed by atoms with E-state index in [1.807, 2.05) is 0 Å². The Labute approximate surface area is 221 Å². The maximum absolute atomic E-state index is 12.3. The summed E-state index contributed by atoms with van der Waals surface area (Å²) >= 11 is 0. The van der Waals surface area contributed by atoms with E-state index in [0.717, 1.165) is 45.6 Å². The van der Waals surface area contributed by atoms with Gasteiger partial charge in [-0.1, -0.05) is 47.1 Å². The number of rotatable bonds is 9. The summed E-state index contributed by atoms with van der Waals surface area (Å²) in [5.41, 5.74) is 7.99. The van der Waals surface area contributed by atoms with Crippen molar-refractivity contribution in [2.24, 2.45) is 0 Å². The molecule has 0 spiro atoms. The number of allylic oxidation sites excluding steroid dienone is 1. The van der Waals surface area contributed by atoms with Crippen molar-refractivity contribution >= 4 is 33.3 Å². The van der Waals surface area contributed by atoms with Crippen molar-refractivity contribution in [3.8, 4) is 0 Å². The molecule has 8 heteroatoms. The molecule has 0 aliphatic carbocycles. The highest BCUT2D eigenvalue weighted by Gasteiger charge is 2.28. The quantitative estimate of drug-likeness (QED) is 0.329. The van der Waals surface area contributed by atoms with Gasteiger partial charge >= 0.3 is 0 Å². The van der Waals surface area contributed by atoms with Gasteiger partial charge in [0.1, 0.15) is 5.82 Å². The van der Waals surface area contributed by atoms with Crippen LogP contribution in [0.25, 0.3) is 0 Å². The number of carbonyl (C=O) groups excluding carboxylic acids is 1. The molecule has 7 nitrogen and oxygen atoms in total. The number of amides is 1. The summed E-state index contributed by atoms with van der Waals surface area (Å²) in [4.78, 5) is 22.6. The Morgan fingerprint density at radius 3 is 2.41 bits per heavy atom. The fraction of sp³-hybridized carbons (Fsp3) is 0.276. The van der Waals surface area contributed by atoms with Gasteiger partial charge in [-0.15, -0.1) is 0 Å². The first kappa shape index (κ1) is 25.0. The van der Waals surface area contributed by atoms with Gasteiger partial charge in [-0.25, -0.2) is 0 Å². The molecule has 3 N–H and O–H groups in total. The Morgan fingerprint density at radius 2 is 1.68 bits per heavy atom. The van der Waals surface area contributed by atoms with Crippen molar-refractivity contribution in [3.05, 3.63) is 96.6 Å². The zero-order valence-corrected chi connectivity index (χ0v) is 21.8. The number of hydrogen-bond acceptors (Lipinski definition) is 6. The summed E-state index contributed by atoms with van der Waals surface area (Å²) < 4.78 is 2.49. The number of carbonyl (C=O) groups is 1. The minimum atomic E-state index is -0.154. The zero-order valence-electron chi connectivity index (χ0n) is 21.0. The average Bonchev–Trinajstić information content (AvgIpc) is 3.40. The molecule has 0 bridgehead atoms. The molecular weight excluding hydrogens is 480 g/mol. The maximum atomic E-state index is 12.3. The summed E-state index contributed by atoms with van der Waals surface area (Å²) in [6, 6.07) is 23.1. The van der Waals surface area contributed by atoms with E-state index in [4.69, 9.17) is 5.73 Å². The Kier molecular flexibility index (Phi) is 8.18. The first-order chi connectivity index (χ1) is 18.2. The third kappa shape index (κ3) is 6.03. The number of pyridine rings is 1. The summed E-state index contributed by atoms with van der Waals surface area (Å²) in [6.07, 6.45) is 7.40. The van der Waals surface area contributed by atoms with Crippen LogP contribution in [0.5, 0.6) is 0 Å². The predicted octanol–water partition coefficient (Wildman–Crippen LogP) is 4.20. The molecule has 3 aromatic rings. The first-order valence-electron chi connectivity index (χ1n) is 12.8. The van der Waals surface area contributed by atoms with Crippen LogP contribution in [0.2, 0.25) is 0 Å². The molecule has 1 atom stereocenters. The van der Waals surface area contributed by atoms with Gasteiger partial charge in [0.25, 0.3) is 5.91 Å². The molecule has 2 aromatic carbocycles. The summed E-state index contributed by atoms with van der Waals surface area (Å²) in [7, 11) is -0.132. The van der Waals surface area contributed by atoms with Gasteiger partial charge in [-0.05, 0) is 61.2 Å². The van der Waals surface area contributed by atoms with Crippen molar-refractivity contribution in [2.45, 2.75) is 17.7 Å². The van der Waals surface area contributed by atoms with E-state index in [1.165, 1.54) is 22.6 Å². The van der Waals surface area contributed by atoms with Crippen molar-refractivity contribution in [2.75, 3.05) is 49.3 Å². The van der Waals surface area contributed by atoms with Crippen LogP contribution >= 0.6 is 10.7 Å². The molecule has 2 aliphatic heterocycles. The second-order valence-electron chi connectivity index (χ2n) is 9.17. The molecule has 192 valence electrons. The van der Waals surface area contributed by atoms with E-state index in [0.29, 0.717) is 17.8 Å². The van der Waals surface area contributed by atoms with Gasteiger partial charge in [-0.2, -0.15) is 0 Å². The fourth-order valence-electron chi connectivity index (χ4n) is 4.69. The molecule has 1 saturated heterocycles. The zero-order chi connectivity index (χ0) is 25.5. The average molecular weight is 515 g/mol. The number of anilines is 2. The second-order valence-corrected chi connectivity index (χ2v) is 10.9. The van der Waals surface area contributed by atoms with Crippen LogP contribution in [0.15, 0.2) is 95.9 Å². The van der Waals surface area contributed by atoms with Crippen LogP contribution in [-0.2, 0) is 0 Å². The topological polar surface area (TPSA) is 77.7 Å². The van der Waals surface area contributed by atoms with Crippen LogP contribution < -0.4 is 15.4 Å². The molecule has 1 amide bonds. The second kappa shape index (κ2) is 12.1. The Hall–Kier alpha value is -3.62. The van der Waals surface area contributed by atoms with E-state index < -0.39 is 0 Å². The van der Waals surface area contributed by atoms with Gasteiger partial charge in [0.2, 0.25) is 0 Å². The lowest BCUT2D eigenvalue weighted by molar-refractivity contribution is 0.0952. The molecule has 1 unspecified atom stereocenters. The third-order valence-electron chi connectivity index (χ3n) is 6.71. The SMILES string of the molecule is Nc1ccncc1C(=O)NCCCCN1CCN(C2=CC=S(c3ccccc3)N2c2ccccc2)CC1. The normalized spacial score (nSPS) is 17.8.